The summed E-state index contributed by atoms with van der Waals surface area (Å²) in [7, 11) is 1.66. The van der Waals surface area contributed by atoms with Crippen LogP contribution in [0, 0.1) is 0 Å². The molecule has 0 aliphatic rings. The Labute approximate surface area is 108 Å². The van der Waals surface area contributed by atoms with E-state index in [-0.39, 0.29) is 0 Å². The van der Waals surface area contributed by atoms with Gasteiger partial charge in [0.1, 0.15) is 5.75 Å². The molecule has 0 aliphatic carbocycles. The SMILES string of the molecule is CC.COc1ccc(CNC=O)c2ccccc12. The molecule has 1 N–H and O–H groups in total. The van der Waals surface area contributed by atoms with Crippen molar-refractivity contribution in [3.05, 3.63) is 42.0 Å². The van der Waals surface area contributed by atoms with E-state index in [9.17, 15) is 4.79 Å². The smallest absolute Gasteiger partial charge is 0.207 e. The van der Waals surface area contributed by atoms with Crippen molar-refractivity contribution in [2.24, 2.45) is 0 Å². The molecule has 96 valence electrons. The van der Waals surface area contributed by atoms with E-state index in [1.54, 1.807) is 7.11 Å². The minimum absolute atomic E-state index is 0.536. The van der Waals surface area contributed by atoms with Crippen LogP contribution in [0.4, 0.5) is 0 Å². The first-order valence-electron chi connectivity index (χ1n) is 6.08. The Morgan fingerprint density at radius 2 is 1.78 bits per heavy atom. The first-order valence-corrected chi connectivity index (χ1v) is 6.08. The monoisotopic (exact) mass is 245 g/mol. The van der Waals surface area contributed by atoms with E-state index in [1.807, 2.05) is 50.2 Å². The summed E-state index contributed by atoms with van der Waals surface area (Å²) in [5.74, 6) is 0.852. The molecule has 0 atom stereocenters. The molecule has 2 aromatic rings. The second-order valence-corrected chi connectivity index (χ2v) is 3.47. The van der Waals surface area contributed by atoms with Crippen LogP contribution >= 0.6 is 0 Å². The molecule has 0 radical (unpaired) electrons. The van der Waals surface area contributed by atoms with Crippen LogP contribution in [0.2, 0.25) is 0 Å². The standard InChI is InChI=1S/C13H13NO2.C2H6/c1-16-13-7-6-10(8-14-9-15)11-4-2-3-5-12(11)13;1-2/h2-7,9H,8H2,1H3,(H,14,15);1-2H3. The third-order valence-corrected chi connectivity index (χ3v) is 2.57. The third kappa shape index (κ3) is 3.00. The molecule has 0 spiro atoms. The van der Waals surface area contributed by atoms with Crippen molar-refractivity contribution in [2.45, 2.75) is 20.4 Å². The van der Waals surface area contributed by atoms with Gasteiger partial charge in [-0.25, -0.2) is 0 Å². The van der Waals surface area contributed by atoms with Crippen molar-refractivity contribution in [3.8, 4) is 5.75 Å². The summed E-state index contributed by atoms with van der Waals surface area (Å²) in [4.78, 5) is 10.3. The van der Waals surface area contributed by atoms with Crippen molar-refractivity contribution in [3.63, 3.8) is 0 Å². The molecule has 0 fully saturated rings. The van der Waals surface area contributed by atoms with E-state index in [4.69, 9.17) is 4.74 Å². The zero-order valence-corrected chi connectivity index (χ0v) is 11.1. The largest absolute Gasteiger partial charge is 0.496 e. The first kappa shape index (κ1) is 14.0. The lowest BCUT2D eigenvalue weighted by Gasteiger charge is -2.09. The van der Waals surface area contributed by atoms with Gasteiger partial charge < -0.3 is 10.1 Å². The molecule has 18 heavy (non-hydrogen) atoms. The number of fused-ring (bicyclic) bond motifs is 1. The van der Waals surface area contributed by atoms with Crippen LogP contribution in [0.3, 0.4) is 0 Å². The van der Waals surface area contributed by atoms with Crippen molar-refractivity contribution < 1.29 is 9.53 Å². The fraction of sp³-hybridized carbons (Fsp3) is 0.267. The highest BCUT2D eigenvalue weighted by atomic mass is 16.5. The van der Waals surface area contributed by atoms with Gasteiger partial charge in [-0.15, -0.1) is 0 Å². The van der Waals surface area contributed by atoms with Gasteiger partial charge in [0.05, 0.1) is 7.11 Å². The molecule has 0 bridgehead atoms. The number of carbonyl (C=O) groups excluding carboxylic acids is 1. The fourth-order valence-corrected chi connectivity index (χ4v) is 1.82. The molecule has 0 unspecified atom stereocenters. The molecule has 0 saturated heterocycles. The third-order valence-electron chi connectivity index (χ3n) is 2.57. The normalized spacial score (nSPS) is 9.28. The van der Waals surface area contributed by atoms with Crippen LogP contribution < -0.4 is 10.1 Å². The summed E-state index contributed by atoms with van der Waals surface area (Å²) in [6, 6.07) is 11.9. The number of methoxy groups -OCH3 is 1. The number of hydrogen-bond acceptors (Lipinski definition) is 2. The Hall–Kier alpha value is -2.03. The number of rotatable bonds is 4. The van der Waals surface area contributed by atoms with Gasteiger partial charge in [-0.1, -0.05) is 44.2 Å². The molecule has 2 aromatic carbocycles. The lowest BCUT2D eigenvalue weighted by molar-refractivity contribution is -0.109. The Balaban J connectivity index is 0.000000771. The molecule has 2 rings (SSSR count). The van der Waals surface area contributed by atoms with Gasteiger partial charge in [-0.2, -0.15) is 0 Å². The molecule has 3 heteroatoms. The molecular weight excluding hydrogens is 226 g/mol. The van der Waals surface area contributed by atoms with E-state index in [0.717, 1.165) is 22.1 Å². The topological polar surface area (TPSA) is 38.3 Å². The van der Waals surface area contributed by atoms with Gasteiger partial charge in [0, 0.05) is 11.9 Å². The number of carbonyl (C=O) groups is 1. The van der Waals surface area contributed by atoms with Crippen molar-refractivity contribution in [2.75, 3.05) is 7.11 Å². The zero-order valence-electron chi connectivity index (χ0n) is 11.1. The predicted octanol–water partition coefficient (Wildman–Crippen LogP) is 3.12. The van der Waals surface area contributed by atoms with Gasteiger partial charge in [-0.3, -0.25) is 4.79 Å². The van der Waals surface area contributed by atoms with E-state index in [1.165, 1.54) is 0 Å². The molecular formula is C15H19NO2. The Bertz CT molecular complexity index is 509. The van der Waals surface area contributed by atoms with Gasteiger partial charge in [0.25, 0.3) is 0 Å². The molecule has 3 nitrogen and oxygen atoms in total. The highest BCUT2D eigenvalue weighted by Gasteiger charge is 2.04. The Kier molecular flexibility index (Phi) is 5.71. The van der Waals surface area contributed by atoms with Crippen LogP contribution in [0.25, 0.3) is 10.8 Å². The number of benzene rings is 2. The maximum Gasteiger partial charge on any atom is 0.207 e. The van der Waals surface area contributed by atoms with Crippen molar-refractivity contribution in [1.82, 2.24) is 5.32 Å². The second-order valence-electron chi connectivity index (χ2n) is 3.47. The predicted molar refractivity (Wildman–Crippen MR) is 74.8 cm³/mol. The van der Waals surface area contributed by atoms with E-state index in [0.29, 0.717) is 13.0 Å². The van der Waals surface area contributed by atoms with Gasteiger partial charge in [0.2, 0.25) is 6.41 Å². The maximum atomic E-state index is 10.3. The number of amides is 1. The lowest BCUT2D eigenvalue weighted by atomic mass is 10.0. The second kappa shape index (κ2) is 7.33. The molecule has 0 heterocycles. The minimum atomic E-state index is 0.536. The molecule has 1 amide bonds. The zero-order chi connectivity index (χ0) is 13.4. The fourth-order valence-electron chi connectivity index (χ4n) is 1.82. The van der Waals surface area contributed by atoms with Crippen molar-refractivity contribution >= 4 is 17.2 Å². The molecule has 0 aliphatic heterocycles. The number of hydrogen-bond donors (Lipinski definition) is 1. The molecule has 0 aromatic heterocycles. The Morgan fingerprint density at radius 3 is 2.39 bits per heavy atom. The Morgan fingerprint density at radius 1 is 1.11 bits per heavy atom. The average molecular weight is 245 g/mol. The molecule has 0 saturated carbocycles. The quantitative estimate of drug-likeness (QED) is 0.840. The average Bonchev–Trinajstić information content (AvgIpc) is 2.46. The highest BCUT2D eigenvalue weighted by molar-refractivity contribution is 5.91. The number of nitrogens with one attached hydrogen (secondary N) is 1. The van der Waals surface area contributed by atoms with E-state index >= 15 is 0 Å². The van der Waals surface area contributed by atoms with Gasteiger partial charge in [-0.05, 0) is 17.0 Å². The summed E-state index contributed by atoms with van der Waals surface area (Å²) < 4.78 is 5.30. The highest BCUT2D eigenvalue weighted by Crippen LogP contribution is 2.28. The van der Waals surface area contributed by atoms with Crippen LogP contribution in [0.15, 0.2) is 36.4 Å². The van der Waals surface area contributed by atoms with Crippen LogP contribution in [-0.2, 0) is 11.3 Å². The van der Waals surface area contributed by atoms with Gasteiger partial charge in [0.15, 0.2) is 0 Å². The van der Waals surface area contributed by atoms with Gasteiger partial charge >= 0.3 is 0 Å². The van der Waals surface area contributed by atoms with Crippen molar-refractivity contribution in [1.29, 1.82) is 0 Å². The summed E-state index contributed by atoms with van der Waals surface area (Å²) >= 11 is 0. The number of ether oxygens (including phenoxy) is 1. The summed E-state index contributed by atoms with van der Waals surface area (Å²) in [5, 5.41) is 4.85. The van der Waals surface area contributed by atoms with Crippen LogP contribution in [-0.4, -0.2) is 13.5 Å². The summed E-state index contributed by atoms with van der Waals surface area (Å²) in [5.41, 5.74) is 1.09. The maximum absolute atomic E-state index is 10.3. The van der Waals surface area contributed by atoms with Crippen LogP contribution in [0.1, 0.15) is 19.4 Å². The first-order chi connectivity index (χ1) is 8.86. The summed E-state index contributed by atoms with van der Waals surface area (Å²) in [6.45, 7) is 4.54. The van der Waals surface area contributed by atoms with E-state index in [2.05, 4.69) is 5.32 Å². The van der Waals surface area contributed by atoms with E-state index < -0.39 is 0 Å². The summed E-state index contributed by atoms with van der Waals surface area (Å²) in [6.07, 6.45) is 0.707. The minimum Gasteiger partial charge on any atom is -0.496 e. The lowest BCUT2D eigenvalue weighted by Crippen LogP contribution is -2.10. The van der Waals surface area contributed by atoms with Crippen LogP contribution in [0.5, 0.6) is 5.75 Å².